The number of aromatic hydroxyl groups is 1. The summed E-state index contributed by atoms with van der Waals surface area (Å²) in [5.74, 6) is 0.0292. The second-order valence-electron chi connectivity index (χ2n) is 3.04. The zero-order chi connectivity index (χ0) is 11.4. The van der Waals surface area contributed by atoms with E-state index >= 15 is 0 Å². The molecule has 0 heterocycles. The summed E-state index contributed by atoms with van der Waals surface area (Å²) in [7, 11) is 1.48. The summed E-state index contributed by atoms with van der Waals surface area (Å²) in [6.07, 6.45) is 0. The van der Waals surface area contributed by atoms with Crippen LogP contribution in [0.15, 0.2) is 12.1 Å². The number of rotatable bonds is 3. The number of hydrogen-bond donors (Lipinski definition) is 1. The third-order valence-corrected chi connectivity index (χ3v) is 2.06. The highest BCUT2D eigenvalue weighted by Crippen LogP contribution is 2.28. The number of carbonyl (C=O) groups is 1. The Morgan fingerprint density at radius 1 is 1.47 bits per heavy atom. The van der Waals surface area contributed by atoms with Gasteiger partial charge in [0, 0.05) is 5.56 Å². The van der Waals surface area contributed by atoms with E-state index in [9.17, 15) is 9.90 Å². The van der Waals surface area contributed by atoms with Crippen LogP contribution >= 0.6 is 0 Å². The maximum absolute atomic E-state index is 11.4. The number of phenols is 1. The van der Waals surface area contributed by atoms with Gasteiger partial charge in [0.25, 0.3) is 0 Å². The maximum atomic E-state index is 11.4. The van der Waals surface area contributed by atoms with E-state index in [4.69, 9.17) is 9.47 Å². The molecule has 1 aromatic carbocycles. The van der Waals surface area contributed by atoms with Crippen LogP contribution in [-0.4, -0.2) is 24.8 Å². The van der Waals surface area contributed by atoms with Crippen LogP contribution in [-0.2, 0) is 4.74 Å². The van der Waals surface area contributed by atoms with E-state index in [1.807, 2.05) is 0 Å². The van der Waals surface area contributed by atoms with Gasteiger partial charge >= 0.3 is 5.97 Å². The Morgan fingerprint density at radius 2 is 2.13 bits per heavy atom. The van der Waals surface area contributed by atoms with Gasteiger partial charge < -0.3 is 14.6 Å². The number of ether oxygens (including phenoxy) is 2. The molecule has 15 heavy (non-hydrogen) atoms. The molecule has 0 bridgehead atoms. The molecule has 1 N–H and O–H groups in total. The topological polar surface area (TPSA) is 55.8 Å². The molecule has 0 atom stereocenters. The number of carbonyl (C=O) groups excluding carboxylic acids is 1. The first-order valence-corrected chi connectivity index (χ1v) is 4.64. The van der Waals surface area contributed by atoms with E-state index in [2.05, 4.69) is 0 Å². The lowest BCUT2D eigenvalue weighted by molar-refractivity contribution is 0.0525. The number of phenolic OH excluding ortho intramolecular Hbond substituents is 1. The summed E-state index contributed by atoms with van der Waals surface area (Å²) < 4.78 is 9.84. The lowest BCUT2D eigenvalue weighted by atomic mass is 10.1. The zero-order valence-corrected chi connectivity index (χ0v) is 9.03. The Kier molecular flexibility index (Phi) is 3.55. The van der Waals surface area contributed by atoms with Crippen molar-refractivity contribution in [2.24, 2.45) is 0 Å². The molecule has 1 rings (SSSR count). The lowest BCUT2D eigenvalue weighted by Crippen LogP contribution is -2.05. The van der Waals surface area contributed by atoms with Crippen molar-refractivity contribution < 1.29 is 19.4 Å². The van der Waals surface area contributed by atoms with Gasteiger partial charge in [-0.1, -0.05) is 0 Å². The Labute approximate surface area is 88.4 Å². The van der Waals surface area contributed by atoms with Gasteiger partial charge in [-0.2, -0.15) is 0 Å². The highest BCUT2D eigenvalue weighted by atomic mass is 16.5. The van der Waals surface area contributed by atoms with E-state index < -0.39 is 5.97 Å². The fourth-order valence-corrected chi connectivity index (χ4v) is 1.22. The van der Waals surface area contributed by atoms with E-state index in [-0.39, 0.29) is 11.3 Å². The first kappa shape index (κ1) is 11.4. The van der Waals surface area contributed by atoms with Crippen molar-refractivity contribution in [3.05, 3.63) is 23.3 Å². The van der Waals surface area contributed by atoms with Crippen LogP contribution in [0.1, 0.15) is 22.8 Å². The van der Waals surface area contributed by atoms with Gasteiger partial charge in [0.1, 0.15) is 11.5 Å². The fourth-order valence-electron chi connectivity index (χ4n) is 1.22. The average molecular weight is 210 g/mol. The minimum atomic E-state index is -0.467. The minimum Gasteiger partial charge on any atom is -0.508 e. The molecule has 82 valence electrons. The normalized spacial score (nSPS) is 9.80. The van der Waals surface area contributed by atoms with E-state index in [0.29, 0.717) is 17.9 Å². The Hall–Kier alpha value is -1.71. The lowest BCUT2D eigenvalue weighted by Gasteiger charge is -2.09. The largest absolute Gasteiger partial charge is 0.508 e. The number of methoxy groups -OCH3 is 1. The smallest absolute Gasteiger partial charge is 0.338 e. The molecule has 0 saturated heterocycles. The van der Waals surface area contributed by atoms with E-state index in [0.717, 1.165) is 0 Å². The molecule has 0 aliphatic carbocycles. The number of benzene rings is 1. The van der Waals surface area contributed by atoms with Gasteiger partial charge in [0.2, 0.25) is 0 Å². The SMILES string of the molecule is CCOC(=O)c1cc(O)c(C)c(OC)c1. The number of esters is 1. The summed E-state index contributed by atoms with van der Waals surface area (Å²) in [5.41, 5.74) is 0.891. The fraction of sp³-hybridized carbons (Fsp3) is 0.364. The summed E-state index contributed by atoms with van der Waals surface area (Å²) in [6.45, 7) is 3.74. The first-order valence-electron chi connectivity index (χ1n) is 4.64. The zero-order valence-electron chi connectivity index (χ0n) is 9.03. The second kappa shape index (κ2) is 4.68. The minimum absolute atomic E-state index is 0.0254. The number of hydrogen-bond acceptors (Lipinski definition) is 4. The van der Waals surface area contributed by atoms with Crippen LogP contribution in [0.25, 0.3) is 0 Å². The summed E-state index contributed by atoms with van der Waals surface area (Å²) in [6, 6.07) is 2.92. The van der Waals surface area contributed by atoms with Gasteiger partial charge in [0.15, 0.2) is 0 Å². The van der Waals surface area contributed by atoms with Crippen LogP contribution in [0.3, 0.4) is 0 Å². The maximum Gasteiger partial charge on any atom is 0.338 e. The predicted molar refractivity (Wildman–Crippen MR) is 55.4 cm³/mol. The molecule has 0 unspecified atom stereocenters. The van der Waals surface area contributed by atoms with Crippen molar-refractivity contribution in [2.75, 3.05) is 13.7 Å². The monoisotopic (exact) mass is 210 g/mol. The van der Waals surface area contributed by atoms with Gasteiger partial charge in [-0.25, -0.2) is 4.79 Å². The Morgan fingerprint density at radius 3 is 2.67 bits per heavy atom. The molecule has 4 heteroatoms. The quantitative estimate of drug-likeness (QED) is 0.774. The Bertz CT molecular complexity index is 371. The van der Waals surface area contributed by atoms with Crippen molar-refractivity contribution in [1.82, 2.24) is 0 Å². The van der Waals surface area contributed by atoms with Crippen LogP contribution in [0.4, 0.5) is 0 Å². The van der Waals surface area contributed by atoms with Crippen LogP contribution in [0.5, 0.6) is 11.5 Å². The summed E-state index contributed by atoms with van der Waals surface area (Å²) in [4.78, 5) is 11.4. The molecule has 0 amide bonds. The molecular weight excluding hydrogens is 196 g/mol. The van der Waals surface area contributed by atoms with E-state index in [1.165, 1.54) is 13.2 Å². The third kappa shape index (κ3) is 2.40. The van der Waals surface area contributed by atoms with Gasteiger partial charge in [-0.3, -0.25) is 0 Å². The second-order valence-corrected chi connectivity index (χ2v) is 3.04. The predicted octanol–water partition coefficient (Wildman–Crippen LogP) is 1.89. The highest BCUT2D eigenvalue weighted by Gasteiger charge is 2.12. The van der Waals surface area contributed by atoms with Crippen molar-refractivity contribution in [2.45, 2.75) is 13.8 Å². The summed E-state index contributed by atoms with van der Waals surface area (Å²) >= 11 is 0. The van der Waals surface area contributed by atoms with Crippen molar-refractivity contribution >= 4 is 5.97 Å². The van der Waals surface area contributed by atoms with Crippen LogP contribution < -0.4 is 4.74 Å². The molecule has 1 aromatic rings. The third-order valence-electron chi connectivity index (χ3n) is 2.06. The van der Waals surface area contributed by atoms with Crippen molar-refractivity contribution in [1.29, 1.82) is 0 Å². The summed E-state index contributed by atoms with van der Waals surface area (Å²) in [5, 5.41) is 9.54. The molecule has 0 spiro atoms. The van der Waals surface area contributed by atoms with Gasteiger partial charge in [0.05, 0.1) is 19.3 Å². The molecule has 0 fully saturated rings. The molecule has 0 saturated carbocycles. The van der Waals surface area contributed by atoms with Gasteiger partial charge in [-0.05, 0) is 26.0 Å². The standard InChI is InChI=1S/C11H14O4/c1-4-15-11(13)8-5-9(12)7(2)10(6-8)14-3/h5-6,12H,4H2,1-3H3. The van der Waals surface area contributed by atoms with Crippen LogP contribution in [0, 0.1) is 6.92 Å². The van der Waals surface area contributed by atoms with E-state index in [1.54, 1.807) is 19.9 Å². The van der Waals surface area contributed by atoms with Gasteiger partial charge in [-0.15, -0.1) is 0 Å². The highest BCUT2D eigenvalue weighted by molar-refractivity contribution is 5.90. The molecule has 0 aromatic heterocycles. The van der Waals surface area contributed by atoms with Crippen LogP contribution in [0.2, 0.25) is 0 Å². The molecule has 0 radical (unpaired) electrons. The Balaban J connectivity index is 3.10. The molecule has 0 aliphatic heterocycles. The first-order chi connectivity index (χ1) is 7.10. The molecule has 0 aliphatic rings. The van der Waals surface area contributed by atoms with Crippen molar-refractivity contribution in [3.63, 3.8) is 0 Å². The molecule has 4 nitrogen and oxygen atoms in total. The van der Waals surface area contributed by atoms with Crippen molar-refractivity contribution in [3.8, 4) is 11.5 Å². The molecular formula is C11H14O4. The average Bonchev–Trinajstić information content (AvgIpc) is 2.22.